The lowest BCUT2D eigenvalue weighted by Crippen LogP contribution is -2.47. The highest BCUT2D eigenvalue weighted by atomic mass is 35.5. The summed E-state index contributed by atoms with van der Waals surface area (Å²) >= 11 is 6.14. The molecule has 2 N–H and O–H groups in total. The fourth-order valence-corrected chi connectivity index (χ4v) is 4.43. The lowest BCUT2D eigenvalue weighted by atomic mass is 10.0. The van der Waals surface area contributed by atoms with Crippen LogP contribution < -0.4 is 0 Å². The predicted molar refractivity (Wildman–Crippen MR) is 137 cm³/mol. The second kappa shape index (κ2) is 9.33. The number of fused-ring (bicyclic) bond motifs is 1. The third-order valence-corrected chi connectivity index (χ3v) is 6.41. The van der Waals surface area contributed by atoms with Crippen LogP contribution in [0.5, 0.6) is 5.88 Å². The summed E-state index contributed by atoms with van der Waals surface area (Å²) in [6, 6.07) is 22.5. The zero-order chi connectivity index (χ0) is 23.7. The van der Waals surface area contributed by atoms with E-state index >= 15 is 0 Å². The number of benzene rings is 3. The molecular formula is C27H25ClN4O2. The second-order valence-electron chi connectivity index (χ2n) is 8.51. The van der Waals surface area contributed by atoms with Gasteiger partial charge in [0.05, 0.1) is 22.5 Å². The van der Waals surface area contributed by atoms with Gasteiger partial charge in [0.25, 0.3) is 5.91 Å². The van der Waals surface area contributed by atoms with Crippen LogP contribution in [0.15, 0.2) is 77.8 Å². The Hall–Kier alpha value is -3.61. The van der Waals surface area contributed by atoms with Crippen LogP contribution in [0, 0.1) is 0 Å². The quantitative estimate of drug-likeness (QED) is 0.407. The fraction of sp³-hybridized carbons (Fsp3) is 0.185. The first-order chi connectivity index (χ1) is 16.5. The minimum absolute atomic E-state index is 0.0294. The summed E-state index contributed by atoms with van der Waals surface area (Å²) in [6.45, 7) is 3.23. The van der Waals surface area contributed by atoms with Crippen LogP contribution in [0.3, 0.4) is 0 Å². The van der Waals surface area contributed by atoms with Gasteiger partial charge in [0, 0.05) is 47.7 Å². The van der Waals surface area contributed by atoms with Gasteiger partial charge in [-0.05, 0) is 43.4 Å². The first kappa shape index (κ1) is 22.2. The Kier molecular flexibility index (Phi) is 6.09. The third kappa shape index (κ3) is 4.42. The molecule has 5 rings (SSSR count). The molecule has 0 radical (unpaired) electrons. The molecule has 0 aliphatic carbocycles. The molecule has 0 saturated carbocycles. The molecule has 1 aliphatic rings. The Labute approximate surface area is 203 Å². The van der Waals surface area contributed by atoms with Gasteiger partial charge < -0.3 is 19.9 Å². The summed E-state index contributed by atoms with van der Waals surface area (Å²) in [5.41, 5.74) is 4.18. The fourth-order valence-electron chi connectivity index (χ4n) is 4.26. The Balaban J connectivity index is 1.52. The molecule has 172 valence electrons. The maximum Gasteiger partial charge on any atom is 0.253 e. The lowest BCUT2D eigenvalue weighted by Gasteiger charge is -2.32. The summed E-state index contributed by atoms with van der Waals surface area (Å²) in [5.74, 6) is 0.0693. The van der Waals surface area contributed by atoms with E-state index in [1.807, 2.05) is 65.6 Å². The predicted octanol–water partition coefficient (Wildman–Crippen LogP) is 5.08. The van der Waals surface area contributed by atoms with Gasteiger partial charge in [0.15, 0.2) is 5.88 Å². The highest BCUT2D eigenvalue weighted by Gasteiger charge is 2.21. The van der Waals surface area contributed by atoms with Gasteiger partial charge in [-0.3, -0.25) is 4.79 Å². The average molecular weight is 473 g/mol. The maximum atomic E-state index is 12.9. The van der Waals surface area contributed by atoms with E-state index in [9.17, 15) is 9.90 Å². The number of H-pyrrole nitrogens is 1. The molecular weight excluding hydrogens is 448 g/mol. The molecule has 4 aromatic rings. The SMILES string of the molecule is CN1CCN(C(=O)c2ccc(N=C(c3ccccc3)c3c(O)[nH]c4cc(Cl)ccc34)cc2)CC1. The number of piperazine rings is 1. The number of aromatic amines is 1. The van der Waals surface area contributed by atoms with Crippen molar-refractivity contribution in [1.82, 2.24) is 14.8 Å². The Morgan fingerprint density at radius 3 is 2.35 bits per heavy atom. The first-order valence-electron chi connectivity index (χ1n) is 11.2. The van der Waals surface area contributed by atoms with Gasteiger partial charge in [-0.1, -0.05) is 48.0 Å². The molecule has 0 bridgehead atoms. The number of nitrogens with one attached hydrogen (secondary N) is 1. The minimum Gasteiger partial charge on any atom is -0.494 e. The monoisotopic (exact) mass is 472 g/mol. The highest BCUT2D eigenvalue weighted by Crippen LogP contribution is 2.33. The van der Waals surface area contributed by atoms with E-state index in [2.05, 4.69) is 16.9 Å². The van der Waals surface area contributed by atoms with E-state index in [1.54, 1.807) is 12.1 Å². The van der Waals surface area contributed by atoms with Crippen molar-refractivity contribution in [2.75, 3.05) is 33.2 Å². The Morgan fingerprint density at radius 2 is 1.65 bits per heavy atom. The van der Waals surface area contributed by atoms with Gasteiger partial charge in [0.2, 0.25) is 0 Å². The molecule has 1 saturated heterocycles. The molecule has 0 spiro atoms. The Morgan fingerprint density at radius 1 is 0.941 bits per heavy atom. The number of halogens is 1. The molecule has 6 nitrogen and oxygen atoms in total. The van der Waals surface area contributed by atoms with Gasteiger partial charge in [-0.25, -0.2) is 4.99 Å². The zero-order valence-corrected chi connectivity index (χ0v) is 19.6. The number of carbonyl (C=O) groups excluding carboxylic acids is 1. The van der Waals surface area contributed by atoms with Crippen molar-refractivity contribution in [1.29, 1.82) is 0 Å². The third-order valence-electron chi connectivity index (χ3n) is 6.17. The Bertz CT molecular complexity index is 1350. The van der Waals surface area contributed by atoms with Crippen molar-refractivity contribution in [2.24, 2.45) is 4.99 Å². The van der Waals surface area contributed by atoms with Crippen molar-refractivity contribution in [3.63, 3.8) is 0 Å². The standard InChI is InChI=1S/C27H25ClN4O2/c1-31-13-15-32(16-14-31)27(34)19-7-10-21(11-8-19)29-25(18-5-3-2-4-6-18)24-22-12-9-20(28)17-23(22)30-26(24)33/h2-12,17,30,33H,13-16H2,1H3. The summed E-state index contributed by atoms with van der Waals surface area (Å²) in [6.07, 6.45) is 0. The molecule has 1 amide bonds. The summed E-state index contributed by atoms with van der Waals surface area (Å²) in [4.78, 5) is 24.9. The second-order valence-corrected chi connectivity index (χ2v) is 8.94. The largest absolute Gasteiger partial charge is 0.494 e. The number of aromatic hydroxyl groups is 1. The summed E-state index contributed by atoms with van der Waals surface area (Å²) in [5, 5.41) is 12.2. The van der Waals surface area contributed by atoms with Crippen molar-refractivity contribution in [3.05, 3.63) is 94.5 Å². The molecule has 1 fully saturated rings. The van der Waals surface area contributed by atoms with Crippen molar-refractivity contribution < 1.29 is 9.90 Å². The van der Waals surface area contributed by atoms with E-state index in [0.717, 1.165) is 42.6 Å². The number of carbonyl (C=O) groups is 1. The van der Waals surface area contributed by atoms with Gasteiger partial charge in [-0.2, -0.15) is 0 Å². The number of amides is 1. The first-order valence-corrected chi connectivity index (χ1v) is 11.6. The number of rotatable bonds is 4. The van der Waals surface area contributed by atoms with Crippen LogP contribution in [0.25, 0.3) is 10.9 Å². The normalized spacial score (nSPS) is 15.1. The van der Waals surface area contributed by atoms with Gasteiger partial charge in [0.1, 0.15) is 0 Å². The summed E-state index contributed by atoms with van der Waals surface area (Å²) in [7, 11) is 2.07. The van der Waals surface area contributed by atoms with Crippen LogP contribution in [-0.4, -0.2) is 64.7 Å². The zero-order valence-electron chi connectivity index (χ0n) is 18.8. The maximum absolute atomic E-state index is 12.9. The number of aliphatic imine (C=N–C) groups is 1. The molecule has 2 heterocycles. The van der Waals surface area contributed by atoms with Crippen molar-refractivity contribution >= 4 is 39.8 Å². The smallest absolute Gasteiger partial charge is 0.253 e. The highest BCUT2D eigenvalue weighted by molar-refractivity contribution is 6.31. The topological polar surface area (TPSA) is 71.9 Å². The van der Waals surface area contributed by atoms with Gasteiger partial charge >= 0.3 is 0 Å². The van der Waals surface area contributed by atoms with Gasteiger partial charge in [-0.15, -0.1) is 0 Å². The molecule has 3 aromatic carbocycles. The van der Waals surface area contributed by atoms with E-state index in [1.165, 1.54) is 0 Å². The molecule has 0 unspecified atom stereocenters. The van der Waals surface area contributed by atoms with Crippen molar-refractivity contribution in [2.45, 2.75) is 0 Å². The number of nitrogens with zero attached hydrogens (tertiary/aromatic N) is 3. The molecule has 1 aromatic heterocycles. The number of hydrogen-bond acceptors (Lipinski definition) is 4. The molecule has 34 heavy (non-hydrogen) atoms. The number of likely N-dealkylation sites (N-methyl/N-ethyl adjacent to an activating group) is 1. The van der Waals surface area contributed by atoms with Crippen LogP contribution >= 0.6 is 11.6 Å². The molecule has 0 atom stereocenters. The van der Waals surface area contributed by atoms with Crippen LogP contribution in [0.1, 0.15) is 21.5 Å². The number of hydrogen-bond donors (Lipinski definition) is 2. The van der Waals surface area contributed by atoms with Crippen LogP contribution in [-0.2, 0) is 0 Å². The van der Waals surface area contributed by atoms with E-state index in [0.29, 0.717) is 27.5 Å². The van der Waals surface area contributed by atoms with E-state index in [4.69, 9.17) is 16.6 Å². The van der Waals surface area contributed by atoms with Crippen LogP contribution in [0.4, 0.5) is 5.69 Å². The average Bonchev–Trinajstić information content (AvgIpc) is 3.18. The van der Waals surface area contributed by atoms with E-state index in [-0.39, 0.29) is 11.8 Å². The van der Waals surface area contributed by atoms with Crippen molar-refractivity contribution in [3.8, 4) is 5.88 Å². The summed E-state index contributed by atoms with van der Waals surface area (Å²) < 4.78 is 0. The number of aromatic nitrogens is 1. The molecule has 7 heteroatoms. The minimum atomic E-state index is 0.0294. The van der Waals surface area contributed by atoms with E-state index < -0.39 is 0 Å². The lowest BCUT2D eigenvalue weighted by molar-refractivity contribution is 0.0664. The molecule has 1 aliphatic heterocycles. The van der Waals surface area contributed by atoms with Crippen LogP contribution in [0.2, 0.25) is 5.02 Å².